The Morgan fingerprint density at radius 1 is 1.04 bits per heavy atom. The van der Waals surface area contributed by atoms with Crippen LogP contribution in [0.1, 0.15) is 23.2 Å². The topological polar surface area (TPSA) is 119 Å². The van der Waals surface area contributed by atoms with Crippen molar-refractivity contribution in [3.05, 3.63) is 68.0 Å². The SMILES string of the molecule is O=C(Nc1ccc(F)c([N+](=O)[O-])c1)c1cc([N+](=O)[O-])ccc1N1CCCC1. The summed E-state index contributed by atoms with van der Waals surface area (Å²) in [5, 5.41) is 24.4. The van der Waals surface area contributed by atoms with Gasteiger partial charge in [0.05, 0.1) is 21.1 Å². The molecule has 1 heterocycles. The van der Waals surface area contributed by atoms with Gasteiger partial charge >= 0.3 is 5.69 Å². The molecule has 3 rings (SSSR count). The number of nitro benzene ring substituents is 2. The van der Waals surface area contributed by atoms with Crippen molar-refractivity contribution < 1.29 is 19.0 Å². The molecular weight excluding hydrogens is 359 g/mol. The number of benzene rings is 2. The molecule has 0 bridgehead atoms. The maximum atomic E-state index is 13.5. The second kappa shape index (κ2) is 7.36. The molecule has 0 radical (unpaired) electrons. The van der Waals surface area contributed by atoms with Crippen molar-refractivity contribution in [1.82, 2.24) is 0 Å². The van der Waals surface area contributed by atoms with E-state index in [2.05, 4.69) is 5.32 Å². The predicted molar refractivity (Wildman–Crippen MR) is 95.6 cm³/mol. The molecular formula is C17H15FN4O5. The molecule has 1 amide bonds. The molecule has 1 N–H and O–H groups in total. The summed E-state index contributed by atoms with van der Waals surface area (Å²) in [5.41, 5.74) is -0.364. The van der Waals surface area contributed by atoms with E-state index < -0.39 is 27.3 Å². The van der Waals surface area contributed by atoms with Gasteiger partial charge in [0, 0.05) is 37.0 Å². The van der Waals surface area contributed by atoms with E-state index in [1.807, 2.05) is 4.90 Å². The molecule has 2 aromatic rings. The van der Waals surface area contributed by atoms with Crippen LogP contribution in [0.5, 0.6) is 0 Å². The molecule has 0 aromatic heterocycles. The molecule has 2 aromatic carbocycles. The third-order valence-corrected chi connectivity index (χ3v) is 4.28. The van der Waals surface area contributed by atoms with Gasteiger partial charge in [-0.25, -0.2) is 0 Å². The molecule has 0 spiro atoms. The number of nitro groups is 2. The number of non-ortho nitro benzene ring substituents is 1. The molecule has 0 unspecified atom stereocenters. The minimum absolute atomic E-state index is 0.0204. The molecule has 27 heavy (non-hydrogen) atoms. The van der Waals surface area contributed by atoms with Crippen molar-refractivity contribution in [2.45, 2.75) is 12.8 Å². The quantitative estimate of drug-likeness (QED) is 0.632. The van der Waals surface area contributed by atoms with E-state index in [0.29, 0.717) is 5.69 Å². The van der Waals surface area contributed by atoms with Crippen molar-refractivity contribution in [3.8, 4) is 0 Å². The van der Waals surface area contributed by atoms with Gasteiger partial charge in [0.15, 0.2) is 0 Å². The van der Waals surface area contributed by atoms with E-state index in [4.69, 9.17) is 0 Å². The zero-order chi connectivity index (χ0) is 19.6. The summed E-state index contributed by atoms with van der Waals surface area (Å²) < 4.78 is 13.5. The van der Waals surface area contributed by atoms with Crippen LogP contribution in [0.3, 0.4) is 0 Å². The van der Waals surface area contributed by atoms with Crippen LogP contribution in [0.4, 0.5) is 27.1 Å². The Morgan fingerprint density at radius 3 is 2.37 bits per heavy atom. The Balaban J connectivity index is 1.95. The third kappa shape index (κ3) is 3.84. The van der Waals surface area contributed by atoms with E-state index in [9.17, 15) is 29.4 Å². The van der Waals surface area contributed by atoms with Gasteiger partial charge in [-0.2, -0.15) is 4.39 Å². The van der Waals surface area contributed by atoms with Crippen molar-refractivity contribution in [2.24, 2.45) is 0 Å². The minimum atomic E-state index is -1.02. The van der Waals surface area contributed by atoms with Crippen LogP contribution in [-0.4, -0.2) is 28.8 Å². The van der Waals surface area contributed by atoms with Crippen LogP contribution in [-0.2, 0) is 0 Å². The summed E-state index contributed by atoms with van der Waals surface area (Å²) in [6.07, 6.45) is 1.89. The molecule has 1 aliphatic heterocycles. The monoisotopic (exact) mass is 374 g/mol. The number of carbonyl (C=O) groups excluding carboxylic acids is 1. The van der Waals surface area contributed by atoms with E-state index >= 15 is 0 Å². The minimum Gasteiger partial charge on any atom is -0.371 e. The maximum Gasteiger partial charge on any atom is 0.306 e. The van der Waals surface area contributed by atoms with Gasteiger partial charge in [0.2, 0.25) is 5.82 Å². The number of hydrogen-bond donors (Lipinski definition) is 1. The normalized spacial score (nSPS) is 13.4. The standard InChI is InChI=1S/C17H15FN4O5/c18-14-5-3-11(9-16(14)22(26)27)19-17(23)13-10-12(21(24)25)4-6-15(13)20-7-1-2-8-20/h3-6,9-10H,1-2,7-8H2,(H,19,23). The lowest BCUT2D eigenvalue weighted by atomic mass is 10.1. The Morgan fingerprint density at radius 2 is 1.74 bits per heavy atom. The highest BCUT2D eigenvalue weighted by Crippen LogP contribution is 2.29. The summed E-state index contributed by atoms with van der Waals surface area (Å²) in [6.45, 7) is 1.44. The average molecular weight is 374 g/mol. The number of amides is 1. The third-order valence-electron chi connectivity index (χ3n) is 4.28. The van der Waals surface area contributed by atoms with Crippen molar-refractivity contribution >= 4 is 28.7 Å². The van der Waals surface area contributed by atoms with Crippen LogP contribution < -0.4 is 10.2 Å². The fourth-order valence-corrected chi connectivity index (χ4v) is 2.98. The number of anilines is 2. The van der Waals surface area contributed by atoms with Gasteiger partial charge in [-0.15, -0.1) is 0 Å². The molecule has 1 fully saturated rings. The van der Waals surface area contributed by atoms with Gasteiger partial charge in [-0.3, -0.25) is 25.0 Å². The highest BCUT2D eigenvalue weighted by Gasteiger charge is 2.23. The zero-order valence-corrected chi connectivity index (χ0v) is 14.1. The van der Waals surface area contributed by atoms with Gasteiger partial charge in [-0.05, 0) is 31.0 Å². The Hall–Kier alpha value is -3.56. The predicted octanol–water partition coefficient (Wildman–Crippen LogP) is 3.49. The molecule has 1 aliphatic rings. The van der Waals surface area contributed by atoms with E-state index in [0.717, 1.165) is 38.1 Å². The van der Waals surface area contributed by atoms with Crippen LogP contribution in [0.2, 0.25) is 0 Å². The van der Waals surface area contributed by atoms with Crippen molar-refractivity contribution in [2.75, 3.05) is 23.3 Å². The number of rotatable bonds is 5. The van der Waals surface area contributed by atoms with Gasteiger partial charge in [0.25, 0.3) is 11.6 Å². The highest BCUT2D eigenvalue weighted by atomic mass is 19.1. The molecule has 10 heteroatoms. The number of nitrogens with zero attached hydrogens (tertiary/aromatic N) is 3. The number of halogens is 1. The van der Waals surface area contributed by atoms with Crippen molar-refractivity contribution in [3.63, 3.8) is 0 Å². The first kappa shape index (κ1) is 18.2. The lowest BCUT2D eigenvalue weighted by molar-refractivity contribution is -0.387. The first-order valence-corrected chi connectivity index (χ1v) is 8.15. The number of carbonyl (C=O) groups is 1. The van der Waals surface area contributed by atoms with Crippen LogP contribution in [0.25, 0.3) is 0 Å². The summed E-state index contributed by atoms with van der Waals surface area (Å²) in [5.74, 6) is -1.69. The molecule has 0 aliphatic carbocycles. The lowest BCUT2D eigenvalue weighted by Crippen LogP contribution is -2.23. The molecule has 0 atom stereocenters. The van der Waals surface area contributed by atoms with E-state index in [-0.39, 0.29) is 16.9 Å². The fraction of sp³-hybridized carbons (Fsp3) is 0.235. The number of hydrogen-bond acceptors (Lipinski definition) is 6. The molecule has 140 valence electrons. The maximum absolute atomic E-state index is 13.5. The Bertz CT molecular complexity index is 928. The Labute approximate surface area is 152 Å². The summed E-state index contributed by atoms with van der Waals surface area (Å²) in [6, 6.07) is 6.98. The summed E-state index contributed by atoms with van der Waals surface area (Å²) in [4.78, 5) is 35.1. The molecule has 0 saturated carbocycles. The van der Waals surface area contributed by atoms with E-state index in [1.54, 1.807) is 0 Å². The summed E-state index contributed by atoms with van der Waals surface area (Å²) >= 11 is 0. The van der Waals surface area contributed by atoms with Gasteiger partial charge in [0.1, 0.15) is 0 Å². The second-order valence-electron chi connectivity index (χ2n) is 6.03. The second-order valence-corrected chi connectivity index (χ2v) is 6.03. The first-order valence-electron chi connectivity index (χ1n) is 8.15. The van der Waals surface area contributed by atoms with Gasteiger partial charge in [-0.1, -0.05) is 0 Å². The lowest BCUT2D eigenvalue weighted by Gasteiger charge is -2.20. The zero-order valence-electron chi connectivity index (χ0n) is 14.1. The summed E-state index contributed by atoms with van der Waals surface area (Å²) in [7, 11) is 0. The van der Waals surface area contributed by atoms with E-state index in [1.165, 1.54) is 24.3 Å². The largest absolute Gasteiger partial charge is 0.371 e. The molecule has 1 saturated heterocycles. The van der Waals surface area contributed by atoms with Gasteiger partial charge < -0.3 is 10.2 Å². The highest BCUT2D eigenvalue weighted by molar-refractivity contribution is 6.08. The number of nitrogens with one attached hydrogen (secondary N) is 1. The van der Waals surface area contributed by atoms with Crippen LogP contribution in [0.15, 0.2) is 36.4 Å². The Kier molecular flexibility index (Phi) is 4.97. The van der Waals surface area contributed by atoms with Crippen molar-refractivity contribution in [1.29, 1.82) is 0 Å². The molecule has 9 nitrogen and oxygen atoms in total. The average Bonchev–Trinajstić information content (AvgIpc) is 3.17. The smallest absolute Gasteiger partial charge is 0.306 e. The fourth-order valence-electron chi connectivity index (χ4n) is 2.98. The van der Waals surface area contributed by atoms with Crippen LogP contribution in [0, 0.1) is 26.0 Å². The first-order chi connectivity index (χ1) is 12.9. The van der Waals surface area contributed by atoms with Crippen LogP contribution >= 0.6 is 0 Å².